The fourth-order valence-corrected chi connectivity index (χ4v) is 1.91. The number of aliphatic carboxylic acids is 1. The Kier molecular flexibility index (Phi) is 5.54. The molecule has 0 aliphatic carbocycles. The Hall–Kier alpha value is -2.82. The van der Waals surface area contributed by atoms with E-state index in [1.165, 1.54) is 7.11 Å². The maximum absolute atomic E-state index is 11.2. The average molecular weight is 298 g/mol. The minimum absolute atomic E-state index is 0.246. The first kappa shape index (κ1) is 15.6. The molecule has 0 aliphatic rings. The molecule has 0 amide bonds. The Morgan fingerprint density at radius 2 is 1.86 bits per heavy atom. The summed E-state index contributed by atoms with van der Waals surface area (Å²) >= 11 is 0. The Bertz CT molecular complexity index is 623. The Morgan fingerprint density at radius 3 is 2.45 bits per heavy atom. The van der Waals surface area contributed by atoms with Crippen LogP contribution in [0.25, 0.3) is 0 Å². The fraction of sp³-hybridized carbons (Fsp3) is 0.176. The monoisotopic (exact) mass is 298 g/mol. The lowest BCUT2D eigenvalue weighted by atomic mass is 10.1. The second-order valence-corrected chi connectivity index (χ2v) is 4.60. The molecule has 2 rings (SSSR count). The molecule has 0 aliphatic heterocycles. The summed E-state index contributed by atoms with van der Waals surface area (Å²) in [6.45, 7) is 0. The van der Waals surface area contributed by atoms with Gasteiger partial charge in [0.05, 0.1) is 12.2 Å². The van der Waals surface area contributed by atoms with Gasteiger partial charge in [-0.15, -0.1) is 0 Å². The van der Waals surface area contributed by atoms with Gasteiger partial charge in [-0.05, 0) is 35.4 Å². The highest BCUT2D eigenvalue weighted by molar-refractivity contribution is 5.79. The number of hydrogen-bond acceptors (Lipinski definition) is 5. The van der Waals surface area contributed by atoms with E-state index in [4.69, 9.17) is 4.74 Å². The SMILES string of the molecule is CON=Cc1ccc(OC(Cc2ccccc2)C(=O)[O-])cc1. The molecular weight excluding hydrogens is 282 g/mol. The van der Waals surface area contributed by atoms with Crippen molar-refractivity contribution in [2.45, 2.75) is 12.5 Å². The van der Waals surface area contributed by atoms with Crippen molar-refractivity contribution in [2.24, 2.45) is 5.16 Å². The first-order valence-electron chi connectivity index (χ1n) is 6.77. The van der Waals surface area contributed by atoms with Gasteiger partial charge < -0.3 is 19.5 Å². The van der Waals surface area contributed by atoms with Crippen LogP contribution in [-0.4, -0.2) is 25.4 Å². The summed E-state index contributed by atoms with van der Waals surface area (Å²) in [5, 5.41) is 14.9. The van der Waals surface area contributed by atoms with Crippen LogP contribution >= 0.6 is 0 Å². The largest absolute Gasteiger partial charge is 0.546 e. The van der Waals surface area contributed by atoms with Gasteiger partial charge in [0.2, 0.25) is 0 Å². The van der Waals surface area contributed by atoms with E-state index in [9.17, 15) is 9.90 Å². The highest BCUT2D eigenvalue weighted by atomic mass is 16.6. The molecule has 0 saturated heterocycles. The van der Waals surface area contributed by atoms with E-state index >= 15 is 0 Å². The lowest BCUT2D eigenvalue weighted by Gasteiger charge is -2.20. The summed E-state index contributed by atoms with van der Waals surface area (Å²) < 4.78 is 5.50. The number of benzene rings is 2. The molecule has 1 atom stereocenters. The summed E-state index contributed by atoms with van der Waals surface area (Å²) in [6, 6.07) is 16.2. The number of carboxylic acids is 1. The summed E-state index contributed by atoms with van der Waals surface area (Å²) in [5.74, 6) is -0.784. The number of carboxylic acid groups (broad SMARTS) is 1. The topological polar surface area (TPSA) is 71.0 Å². The molecular formula is C17H16NO4-. The van der Waals surface area contributed by atoms with Crippen molar-refractivity contribution in [1.82, 2.24) is 0 Å². The van der Waals surface area contributed by atoms with Crippen molar-refractivity contribution in [3.05, 3.63) is 65.7 Å². The number of hydrogen-bond donors (Lipinski definition) is 0. The van der Waals surface area contributed by atoms with Crippen molar-refractivity contribution in [3.8, 4) is 5.75 Å². The van der Waals surface area contributed by atoms with E-state index < -0.39 is 12.1 Å². The minimum Gasteiger partial charge on any atom is -0.546 e. The van der Waals surface area contributed by atoms with Crippen LogP contribution in [0.4, 0.5) is 0 Å². The maximum atomic E-state index is 11.2. The first-order chi connectivity index (χ1) is 10.7. The molecule has 1 unspecified atom stereocenters. The van der Waals surface area contributed by atoms with E-state index in [1.54, 1.807) is 30.5 Å². The Balaban J connectivity index is 2.04. The number of carbonyl (C=O) groups is 1. The van der Waals surface area contributed by atoms with Gasteiger partial charge in [-0.3, -0.25) is 0 Å². The van der Waals surface area contributed by atoms with E-state index in [2.05, 4.69) is 9.99 Å². The highest BCUT2D eigenvalue weighted by Crippen LogP contribution is 2.15. The van der Waals surface area contributed by atoms with Gasteiger partial charge in [0.1, 0.15) is 19.0 Å². The third kappa shape index (κ3) is 4.63. The second-order valence-electron chi connectivity index (χ2n) is 4.60. The van der Waals surface area contributed by atoms with Crippen LogP contribution in [0.3, 0.4) is 0 Å². The molecule has 0 radical (unpaired) electrons. The predicted octanol–water partition coefficient (Wildman–Crippen LogP) is 1.41. The summed E-state index contributed by atoms with van der Waals surface area (Å²) in [6.07, 6.45) is 0.751. The first-order valence-corrected chi connectivity index (χ1v) is 6.77. The van der Waals surface area contributed by atoms with Crippen molar-refractivity contribution >= 4 is 12.2 Å². The van der Waals surface area contributed by atoms with E-state index in [1.807, 2.05) is 30.3 Å². The Morgan fingerprint density at radius 1 is 1.18 bits per heavy atom. The molecule has 0 aromatic heterocycles. The van der Waals surface area contributed by atoms with Crippen LogP contribution < -0.4 is 9.84 Å². The quantitative estimate of drug-likeness (QED) is 0.572. The normalized spacial score (nSPS) is 12.0. The molecule has 0 N–H and O–H groups in total. The fourth-order valence-electron chi connectivity index (χ4n) is 1.91. The van der Waals surface area contributed by atoms with Gasteiger partial charge in [0.15, 0.2) is 0 Å². The maximum Gasteiger partial charge on any atom is 0.142 e. The lowest BCUT2D eigenvalue weighted by Crippen LogP contribution is -2.41. The van der Waals surface area contributed by atoms with E-state index in [-0.39, 0.29) is 6.42 Å². The number of nitrogens with zero attached hydrogens (tertiary/aromatic N) is 1. The van der Waals surface area contributed by atoms with Crippen LogP contribution in [0.5, 0.6) is 5.75 Å². The number of ether oxygens (including phenoxy) is 1. The predicted molar refractivity (Wildman–Crippen MR) is 80.6 cm³/mol. The van der Waals surface area contributed by atoms with Crippen LogP contribution in [0.1, 0.15) is 11.1 Å². The van der Waals surface area contributed by atoms with Crippen LogP contribution in [0.15, 0.2) is 59.8 Å². The van der Waals surface area contributed by atoms with Gasteiger partial charge in [-0.2, -0.15) is 0 Å². The third-order valence-electron chi connectivity index (χ3n) is 2.99. The highest BCUT2D eigenvalue weighted by Gasteiger charge is 2.13. The molecule has 0 fully saturated rings. The van der Waals surface area contributed by atoms with Gasteiger partial charge in [0, 0.05) is 6.42 Å². The molecule has 0 heterocycles. The Labute approximate surface area is 128 Å². The van der Waals surface area contributed by atoms with Crippen LogP contribution in [0, 0.1) is 0 Å². The molecule has 2 aromatic carbocycles. The van der Waals surface area contributed by atoms with Gasteiger partial charge in [-0.25, -0.2) is 0 Å². The van der Waals surface area contributed by atoms with Crippen LogP contribution in [0.2, 0.25) is 0 Å². The molecule has 114 valence electrons. The standard InChI is InChI=1S/C17H17NO4/c1-21-18-12-14-7-9-15(10-8-14)22-16(17(19)20)11-13-5-3-2-4-6-13/h2-10,12,16H,11H2,1H3,(H,19,20)/p-1. The molecule has 0 bridgehead atoms. The molecule has 22 heavy (non-hydrogen) atoms. The molecule has 0 saturated carbocycles. The van der Waals surface area contributed by atoms with Gasteiger partial charge >= 0.3 is 0 Å². The van der Waals surface area contributed by atoms with Crippen molar-refractivity contribution in [1.29, 1.82) is 0 Å². The molecule has 5 heteroatoms. The van der Waals surface area contributed by atoms with E-state index in [0.29, 0.717) is 5.75 Å². The van der Waals surface area contributed by atoms with Gasteiger partial charge in [0.25, 0.3) is 0 Å². The number of oxime groups is 1. The van der Waals surface area contributed by atoms with Gasteiger partial charge in [-0.1, -0.05) is 35.5 Å². The average Bonchev–Trinajstić information content (AvgIpc) is 2.54. The summed E-state index contributed by atoms with van der Waals surface area (Å²) in [5.41, 5.74) is 1.70. The summed E-state index contributed by atoms with van der Waals surface area (Å²) in [7, 11) is 1.46. The molecule has 2 aromatic rings. The lowest BCUT2D eigenvalue weighted by molar-refractivity contribution is -0.313. The second kappa shape index (κ2) is 7.83. The van der Waals surface area contributed by atoms with Crippen molar-refractivity contribution < 1.29 is 19.5 Å². The van der Waals surface area contributed by atoms with Crippen molar-refractivity contribution in [2.75, 3.05) is 7.11 Å². The number of rotatable bonds is 7. The van der Waals surface area contributed by atoms with Crippen molar-refractivity contribution in [3.63, 3.8) is 0 Å². The summed E-state index contributed by atoms with van der Waals surface area (Å²) in [4.78, 5) is 15.8. The minimum atomic E-state index is -1.24. The molecule has 0 spiro atoms. The third-order valence-corrected chi connectivity index (χ3v) is 2.99. The zero-order valence-electron chi connectivity index (χ0n) is 12.1. The van der Waals surface area contributed by atoms with Crippen LogP contribution in [-0.2, 0) is 16.1 Å². The smallest absolute Gasteiger partial charge is 0.142 e. The van der Waals surface area contributed by atoms with E-state index in [0.717, 1.165) is 11.1 Å². The molecule has 5 nitrogen and oxygen atoms in total. The zero-order chi connectivity index (χ0) is 15.8. The zero-order valence-corrected chi connectivity index (χ0v) is 12.1. The number of carbonyl (C=O) groups excluding carboxylic acids is 1.